The summed E-state index contributed by atoms with van der Waals surface area (Å²) in [7, 11) is -7.33. The van der Waals surface area contributed by atoms with Crippen LogP contribution in [0.5, 0.6) is 5.75 Å². The summed E-state index contributed by atoms with van der Waals surface area (Å²) >= 11 is 0. The molecule has 0 radical (unpaired) electrons. The van der Waals surface area contributed by atoms with E-state index in [1.807, 2.05) is 0 Å². The van der Waals surface area contributed by atoms with E-state index in [9.17, 15) is 16.8 Å². The van der Waals surface area contributed by atoms with Crippen molar-refractivity contribution in [2.24, 2.45) is 5.92 Å². The van der Waals surface area contributed by atoms with Gasteiger partial charge in [0.2, 0.25) is 0 Å². The Hall–Kier alpha value is -2.18. The molecule has 0 spiro atoms. The number of piperazine rings is 1. The van der Waals surface area contributed by atoms with Gasteiger partial charge in [-0.1, -0.05) is 37.3 Å². The summed E-state index contributed by atoms with van der Waals surface area (Å²) in [4.78, 5) is 5.32. The molecule has 1 saturated heterocycles. The predicted molar refractivity (Wildman–Crippen MR) is 152 cm³/mol. The Bertz CT molecular complexity index is 1140. The van der Waals surface area contributed by atoms with E-state index in [0.717, 1.165) is 44.5 Å². The molecule has 0 unspecified atom stereocenters. The summed E-state index contributed by atoms with van der Waals surface area (Å²) in [5.41, 5.74) is 2.98. The molecule has 214 valence electrons. The maximum Gasteiger partial charge on any atom is 0.261 e. The first-order valence-corrected chi connectivity index (χ1v) is 16.5. The van der Waals surface area contributed by atoms with Crippen LogP contribution in [0.4, 0.5) is 5.69 Å². The fraction of sp³-hybridized carbons (Fsp3) is 0.556. The van der Waals surface area contributed by atoms with E-state index in [1.165, 1.54) is 36.9 Å². The number of anilines is 1. The highest BCUT2D eigenvalue weighted by Crippen LogP contribution is 2.45. The Morgan fingerprint density at radius 2 is 1.39 bits per heavy atom. The zero-order chi connectivity index (χ0) is 28.4. The smallest absolute Gasteiger partial charge is 0.261 e. The van der Waals surface area contributed by atoms with Gasteiger partial charge in [-0.3, -0.25) is 14.0 Å². The molecule has 11 heteroatoms. The van der Waals surface area contributed by atoms with Gasteiger partial charge in [-0.2, -0.15) is 16.8 Å². The lowest BCUT2D eigenvalue weighted by Crippen LogP contribution is -2.56. The molecule has 1 aliphatic heterocycles. The van der Waals surface area contributed by atoms with Crippen molar-refractivity contribution in [3.05, 3.63) is 60.2 Å². The van der Waals surface area contributed by atoms with E-state index in [0.29, 0.717) is 12.5 Å². The van der Waals surface area contributed by atoms with Crippen molar-refractivity contribution in [2.45, 2.75) is 45.1 Å². The molecule has 0 amide bonds. The molecule has 1 heterocycles. The van der Waals surface area contributed by atoms with Crippen molar-refractivity contribution >= 4 is 25.9 Å². The molecular weight excluding hydrogens is 528 g/mol. The third kappa shape index (κ3) is 11.3. The highest BCUT2D eigenvalue weighted by molar-refractivity contribution is 7.85. The van der Waals surface area contributed by atoms with Gasteiger partial charge in [0.1, 0.15) is 5.75 Å². The van der Waals surface area contributed by atoms with Crippen molar-refractivity contribution in [3.63, 3.8) is 0 Å². The topological polar surface area (TPSA) is 124 Å². The Morgan fingerprint density at radius 3 is 1.89 bits per heavy atom. The predicted octanol–water partition coefficient (Wildman–Crippen LogP) is 4.32. The molecule has 1 aliphatic carbocycles. The van der Waals surface area contributed by atoms with Crippen LogP contribution in [-0.4, -0.2) is 76.1 Å². The van der Waals surface area contributed by atoms with E-state index in [4.69, 9.17) is 13.8 Å². The van der Waals surface area contributed by atoms with Crippen LogP contribution in [0, 0.1) is 5.92 Å². The van der Waals surface area contributed by atoms with Crippen LogP contribution in [0.2, 0.25) is 0 Å². The fourth-order valence-corrected chi connectivity index (χ4v) is 5.10. The molecule has 0 aromatic heterocycles. The first-order chi connectivity index (χ1) is 17.7. The van der Waals surface area contributed by atoms with Gasteiger partial charge in [-0.15, -0.1) is 0 Å². The number of ether oxygens (including phenoxy) is 1. The van der Waals surface area contributed by atoms with E-state index in [2.05, 4.69) is 78.2 Å². The quantitative estimate of drug-likeness (QED) is 0.506. The first kappa shape index (κ1) is 32.0. The molecule has 2 fully saturated rings. The highest BCUT2D eigenvalue weighted by Gasteiger charge is 2.42. The van der Waals surface area contributed by atoms with Crippen molar-refractivity contribution in [2.75, 3.05) is 50.2 Å². The average molecular weight is 571 g/mol. The lowest BCUT2D eigenvalue weighted by atomic mass is 9.71. The van der Waals surface area contributed by atoms with Crippen LogP contribution in [-0.2, 0) is 25.8 Å². The Balaban J connectivity index is 0.000000435. The van der Waals surface area contributed by atoms with Crippen molar-refractivity contribution in [1.29, 1.82) is 0 Å². The molecule has 4 rings (SSSR count). The number of hydrogen-bond acceptors (Lipinski definition) is 7. The second kappa shape index (κ2) is 14.3. The largest absolute Gasteiger partial charge is 0.494 e. The molecule has 2 aromatic rings. The summed E-state index contributed by atoms with van der Waals surface area (Å²) in [5.74, 6) is 1.86. The minimum absolute atomic E-state index is 0.169. The highest BCUT2D eigenvalue weighted by atomic mass is 32.2. The molecule has 0 bridgehead atoms. The molecule has 2 N–H and O–H groups in total. The summed E-state index contributed by atoms with van der Waals surface area (Å²) < 4.78 is 57.6. The van der Waals surface area contributed by atoms with E-state index >= 15 is 0 Å². The van der Waals surface area contributed by atoms with E-state index in [-0.39, 0.29) is 5.54 Å². The summed E-state index contributed by atoms with van der Waals surface area (Å²) in [6.45, 7) is 9.66. The van der Waals surface area contributed by atoms with Crippen LogP contribution in [0.15, 0.2) is 54.6 Å². The van der Waals surface area contributed by atoms with E-state index in [1.54, 1.807) is 0 Å². The third-order valence-electron chi connectivity index (χ3n) is 6.79. The van der Waals surface area contributed by atoms with Crippen molar-refractivity contribution in [1.82, 2.24) is 4.90 Å². The van der Waals surface area contributed by atoms with Gasteiger partial charge in [0.15, 0.2) is 0 Å². The zero-order valence-electron chi connectivity index (χ0n) is 22.8. The molecule has 2 aromatic carbocycles. The maximum atomic E-state index is 9.19. The minimum Gasteiger partial charge on any atom is -0.494 e. The molecule has 2 aliphatic rings. The van der Waals surface area contributed by atoms with Crippen molar-refractivity contribution < 1.29 is 30.7 Å². The minimum atomic E-state index is -3.67. The number of para-hydroxylation sites is 1. The number of benzene rings is 2. The average Bonchev–Trinajstić information content (AvgIpc) is 2.84. The SMILES string of the molecule is CCOc1cccc([C@]2(N3CCN(c4ccccc4)CC3)CC[C@@H](C)CC2)c1.CS(=O)(=O)O.CS(=O)(=O)O. The Kier molecular flexibility index (Phi) is 12.0. The van der Waals surface area contributed by atoms with Gasteiger partial charge >= 0.3 is 0 Å². The van der Waals surface area contributed by atoms with Gasteiger partial charge < -0.3 is 9.64 Å². The van der Waals surface area contributed by atoms with Crippen LogP contribution in [0.25, 0.3) is 0 Å². The lowest BCUT2D eigenvalue weighted by molar-refractivity contribution is 0.0297. The van der Waals surface area contributed by atoms with Gasteiger partial charge in [-0.25, -0.2) is 0 Å². The van der Waals surface area contributed by atoms with Crippen molar-refractivity contribution in [3.8, 4) is 5.75 Å². The standard InChI is InChI=1S/C25H34N2O.2CH4O3S/c1-3-28-24-11-7-8-22(20-24)25(14-12-21(2)13-15-25)27-18-16-26(17-19-27)23-9-5-4-6-10-23;2*1-5(2,3)4/h4-11,20-21H,3,12-19H2,1-2H3;2*1H3,(H,2,3,4)/t21-,25+;;. The molecule has 1 saturated carbocycles. The summed E-state index contributed by atoms with van der Waals surface area (Å²) in [5, 5.41) is 0. The lowest BCUT2D eigenvalue weighted by Gasteiger charge is -2.51. The van der Waals surface area contributed by atoms with Gasteiger partial charge in [0, 0.05) is 37.4 Å². The summed E-state index contributed by atoms with van der Waals surface area (Å²) in [6, 6.07) is 19.8. The van der Waals surface area contributed by atoms with Gasteiger partial charge in [-0.05, 0) is 68.4 Å². The van der Waals surface area contributed by atoms with Crippen LogP contribution in [0.1, 0.15) is 45.1 Å². The molecule has 38 heavy (non-hydrogen) atoms. The monoisotopic (exact) mass is 570 g/mol. The zero-order valence-corrected chi connectivity index (χ0v) is 24.4. The van der Waals surface area contributed by atoms with Gasteiger partial charge in [0.25, 0.3) is 20.2 Å². The number of hydrogen-bond donors (Lipinski definition) is 2. The Labute approximate surface area is 228 Å². The normalized spacial score (nSPS) is 22.4. The van der Waals surface area contributed by atoms with Gasteiger partial charge in [0.05, 0.1) is 19.1 Å². The first-order valence-electron chi connectivity index (χ1n) is 12.8. The van der Waals surface area contributed by atoms with Crippen LogP contribution >= 0.6 is 0 Å². The third-order valence-corrected chi connectivity index (χ3v) is 6.79. The number of rotatable bonds is 5. The molecular formula is C27H42N2O7S2. The second-order valence-corrected chi connectivity index (χ2v) is 12.9. The van der Waals surface area contributed by atoms with Crippen LogP contribution < -0.4 is 9.64 Å². The molecule has 9 nitrogen and oxygen atoms in total. The fourth-order valence-electron chi connectivity index (χ4n) is 5.10. The van der Waals surface area contributed by atoms with E-state index < -0.39 is 20.2 Å². The molecule has 0 atom stereocenters. The summed E-state index contributed by atoms with van der Waals surface area (Å²) in [6.07, 6.45) is 6.58. The second-order valence-electron chi connectivity index (χ2n) is 9.95. The van der Waals surface area contributed by atoms with Crippen LogP contribution in [0.3, 0.4) is 0 Å². The number of nitrogens with zero attached hydrogens (tertiary/aromatic N) is 2. The maximum absolute atomic E-state index is 9.19. The Morgan fingerprint density at radius 1 is 0.868 bits per heavy atom.